The minimum atomic E-state index is -4.36. The summed E-state index contributed by atoms with van der Waals surface area (Å²) in [6, 6.07) is 11.4. The van der Waals surface area contributed by atoms with Gasteiger partial charge in [-0.25, -0.2) is 4.68 Å². The number of amidine groups is 1. The van der Waals surface area contributed by atoms with Crippen LogP contribution in [-0.2, 0) is 15.9 Å². The molecule has 13 heteroatoms. The Bertz CT molecular complexity index is 1410. The van der Waals surface area contributed by atoms with Crippen LogP contribution in [0.5, 0.6) is 11.5 Å². The topological polar surface area (TPSA) is 169 Å². The Labute approximate surface area is 195 Å². The number of primary amides is 1. The molecule has 33 heavy (non-hydrogen) atoms. The average Bonchev–Trinajstić information content (AvgIpc) is 2.74. The summed E-state index contributed by atoms with van der Waals surface area (Å²) in [5, 5.41) is 17.0. The number of aromatic hydroxyl groups is 1. The van der Waals surface area contributed by atoms with Gasteiger partial charge in [-0.05, 0) is 35.9 Å². The van der Waals surface area contributed by atoms with Crippen LogP contribution < -0.4 is 26.7 Å². The molecular formula is C20H17BrN5O6P. The van der Waals surface area contributed by atoms with Gasteiger partial charge in [-0.1, -0.05) is 28.1 Å². The lowest BCUT2D eigenvalue weighted by Gasteiger charge is -2.22. The van der Waals surface area contributed by atoms with Crippen LogP contribution in [0, 0.1) is 0 Å². The molecule has 2 aromatic carbocycles. The second-order valence-electron chi connectivity index (χ2n) is 7.05. The molecule has 11 nitrogen and oxygen atoms in total. The first kappa shape index (κ1) is 22.7. The van der Waals surface area contributed by atoms with E-state index in [-0.39, 0.29) is 34.7 Å². The summed E-state index contributed by atoms with van der Waals surface area (Å²) in [4.78, 5) is 34.5. The Morgan fingerprint density at radius 3 is 2.79 bits per heavy atom. The van der Waals surface area contributed by atoms with E-state index in [1.807, 2.05) is 12.1 Å². The van der Waals surface area contributed by atoms with Crippen LogP contribution in [0.1, 0.15) is 11.1 Å². The maximum Gasteiger partial charge on any atom is 0.346 e. The molecule has 1 aliphatic rings. The first-order valence-electron chi connectivity index (χ1n) is 9.44. The number of fused-ring (bicyclic) bond motifs is 1. The Kier molecular flexibility index (Phi) is 6.07. The van der Waals surface area contributed by atoms with E-state index in [9.17, 15) is 24.2 Å². The maximum atomic E-state index is 13.1. The number of rotatable bonds is 6. The number of nitrogens with zero attached hydrogens (tertiary/aromatic N) is 3. The molecule has 1 aromatic heterocycles. The molecule has 2 heterocycles. The largest absolute Gasteiger partial charge is 0.505 e. The van der Waals surface area contributed by atoms with Crippen molar-refractivity contribution in [3.63, 3.8) is 0 Å². The van der Waals surface area contributed by atoms with Gasteiger partial charge in [-0.3, -0.25) is 14.2 Å². The van der Waals surface area contributed by atoms with Gasteiger partial charge in [0.05, 0.1) is 23.7 Å². The van der Waals surface area contributed by atoms with E-state index in [0.717, 1.165) is 20.9 Å². The third kappa shape index (κ3) is 4.82. The summed E-state index contributed by atoms with van der Waals surface area (Å²) < 4.78 is 23.8. The number of anilines is 1. The summed E-state index contributed by atoms with van der Waals surface area (Å²) in [7, 11) is -4.36. The molecular weight excluding hydrogens is 517 g/mol. The third-order valence-electron chi connectivity index (χ3n) is 4.63. The zero-order valence-electron chi connectivity index (χ0n) is 16.8. The van der Waals surface area contributed by atoms with Crippen molar-refractivity contribution in [2.24, 2.45) is 10.5 Å². The molecule has 4 rings (SSSR count). The van der Waals surface area contributed by atoms with Crippen molar-refractivity contribution in [1.82, 2.24) is 9.78 Å². The van der Waals surface area contributed by atoms with Crippen molar-refractivity contribution in [2.45, 2.75) is 6.54 Å². The summed E-state index contributed by atoms with van der Waals surface area (Å²) in [5.74, 6) is -1.33. The Morgan fingerprint density at radius 2 is 2.06 bits per heavy atom. The van der Waals surface area contributed by atoms with E-state index in [2.05, 4.69) is 31.1 Å². The van der Waals surface area contributed by atoms with Crippen LogP contribution in [0.4, 0.5) is 5.69 Å². The first-order chi connectivity index (χ1) is 15.6. The van der Waals surface area contributed by atoms with E-state index in [1.54, 1.807) is 12.1 Å². The molecule has 1 aliphatic heterocycles. The number of halogens is 1. The molecule has 3 aromatic rings. The first-order valence-corrected chi connectivity index (χ1v) is 11.8. The zero-order valence-corrected chi connectivity index (χ0v) is 19.3. The summed E-state index contributed by atoms with van der Waals surface area (Å²) >= 11 is 3.36. The van der Waals surface area contributed by atoms with Crippen molar-refractivity contribution in [2.75, 3.05) is 11.9 Å². The van der Waals surface area contributed by atoms with Crippen LogP contribution in [0.3, 0.4) is 0 Å². The number of nitrogens with two attached hydrogens (primary N) is 1. The molecule has 1 amide bonds. The van der Waals surface area contributed by atoms with Gasteiger partial charge in [0.15, 0.2) is 18.2 Å². The molecule has 0 spiro atoms. The standard InChI is InChI=1S/C20H17BrN5O6P/c21-12-3-1-2-11(6-12)9-26-20(29)18(15(27)8-23-26)19-24-14-5-4-13(32-10-17(22)28)7-16(14)33(30,31)25-19/h1-8,27H,9-10H2,(H2,22,28)(H2,24,25,30,31). The van der Waals surface area contributed by atoms with Gasteiger partial charge in [0.25, 0.3) is 11.5 Å². The predicted octanol–water partition coefficient (Wildman–Crippen LogP) is 1.31. The monoisotopic (exact) mass is 533 g/mol. The van der Waals surface area contributed by atoms with Crippen molar-refractivity contribution in [3.8, 4) is 11.5 Å². The fourth-order valence-corrected chi connectivity index (χ4v) is 4.90. The van der Waals surface area contributed by atoms with E-state index >= 15 is 0 Å². The number of hydrogen-bond acceptors (Lipinski definition) is 7. The lowest BCUT2D eigenvalue weighted by Crippen LogP contribution is -2.34. The molecule has 0 fully saturated rings. The van der Waals surface area contributed by atoms with Crippen molar-refractivity contribution in [3.05, 3.63) is 74.6 Å². The summed E-state index contributed by atoms with van der Waals surface area (Å²) in [6.45, 7) is -0.300. The van der Waals surface area contributed by atoms with Crippen molar-refractivity contribution < 1.29 is 24.1 Å². The molecule has 1 atom stereocenters. The Morgan fingerprint density at radius 1 is 1.27 bits per heavy atom. The number of ether oxygens (including phenoxy) is 1. The van der Waals surface area contributed by atoms with Crippen LogP contribution in [0.15, 0.2) is 62.7 Å². The van der Waals surface area contributed by atoms with E-state index in [1.165, 1.54) is 18.2 Å². The fraction of sp³-hybridized carbons (Fsp3) is 0.100. The van der Waals surface area contributed by atoms with Gasteiger partial charge in [-0.2, -0.15) is 9.86 Å². The molecule has 0 radical (unpaired) electrons. The van der Waals surface area contributed by atoms with Crippen molar-refractivity contribution >= 4 is 46.2 Å². The third-order valence-corrected chi connectivity index (χ3v) is 6.60. The Hall–Kier alpha value is -3.47. The highest BCUT2D eigenvalue weighted by atomic mass is 79.9. The highest BCUT2D eigenvalue weighted by molar-refractivity contribution is 9.10. The normalized spacial score (nSPS) is 17.0. The van der Waals surface area contributed by atoms with Gasteiger partial charge in [0.2, 0.25) is 0 Å². The van der Waals surface area contributed by atoms with Crippen LogP contribution in [0.2, 0.25) is 0 Å². The zero-order chi connectivity index (χ0) is 23.8. The SMILES string of the molecule is NC(=O)COc1ccc2c(c1)P(=O)(O)N=C(c1c(O)cnn(Cc3cccc(Br)c3)c1=O)N2. The molecule has 1 unspecified atom stereocenters. The summed E-state index contributed by atoms with van der Waals surface area (Å²) in [6.07, 6.45) is 1.07. The van der Waals surface area contributed by atoms with Gasteiger partial charge >= 0.3 is 7.52 Å². The minimum Gasteiger partial charge on any atom is -0.505 e. The lowest BCUT2D eigenvalue weighted by molar-refractivity contribution is -0.119. The van der Waals surface area contributed by atoms with Gasteiger partial charge in [0, 0.05) is 4.47 Å². The van der Waals surface area contributed by atoms with Gasteiger partial charge < -0.3 is 25.8 Å². The second kappa shape index (κ2) is 8.81. The fourth-order valence-electron chi connectivity index (χ4n) is 3.18. The highest BCUT2D eigenvalue weighted by Crippen LogP contribution is 2.47. The number of aromatic nitrogens is 2. The smallest absolute Gasteiger partial charge is 0.346 e. The number of nitrogens with one attached hydrogen (secondary N) is 1. The number of carbonyl (C=O) groups is 1. The highest BCUT2D eigenvalue weighted by Gasteiger charge is 2.33. The quantitative estimate of drug-likeness (QED) is 0.343. The van der Waals surface area contributed by atoms with Crippen LogP contribution in [0.25, 0.3) is 0 Å². The van der Waals surface area contributed by atoms with E-state index in [0.29, 0.717) is 0 Å². The number of amides is 1. The van der Waals surface area contributed by atoms with Crippen LogP contribution in [-0.4, -0.2) is 38.1 Å². The second-order valence-corrected chi connectivity index (χ2v) is 9.73. The number of hydrogen-bond donors (Lipinski definition) is 4. The van der Waals surface area contributed by atoms with Gasteiger partial charge in [0.1, 0.15) is 11.3 Å². The van der Waals surface area contributed by atoms with Crippen LogP contribution >= 0.6 is 23.4 Å². The molecule has 0 bridgehead atoms. The Balaban J connectivity index is 1.71. The maximum absolute atomic E-state index is 13.1. The lowest BCUT2D eigenvalue weighted by atomic mass is 10.2. The van der Waals surface area contributed by atoms with E-state index < -0.39 is 31.3 Å². The molecule has 5 N–H and O–H groups in total. The molecule has 0 aliphatic carbocycles. The number of benzene rings is 2. The summed E-state index contributed by atoms with van der Waals surface area (Å²) in [5.41, 5.74) is 5.01. The average molecular weight is 534 g/mol. The number of carbonyl (C=O) groups excluding carboxylic acids is 1. The van der Waals surface area contributed by atoms with Gasteiger partial charge in [-0.15, -0.1) is 0 Å². The molecule has 0 saturated carbocycles. The molecule has 0 saturated heterocycles. The minimum absolute atomic E-state index is 0.0868. The van der Waals surface area contributed by atoms with Crippen molar-refractivity contribution in [1.29, 1.82) is 0 Å². The molecule has 170 valence electrons. The predicted molar refractivity (Wildman–Crippen MR) is 124 cm³/mol. The van der Waals surface area contributed by atoms with E-state index in [4.69, 9.17) is 10.5 Å².